The number of hydrogen-bond acceptors (Lipinski definition) is 10. The number of likely N-dealkylation sites (tertiary alicyclic amines) is 1. The normalized spacial score (nSPS) is 27.3. The molecule has 3 aliphatic rings. The number of anilines is 1. The van der Waals surface area contributed by atoms with E-state index in [0.29, 0.717) is 37.1 Å². The maximum Gasteiger partial charge on any atom is 0.320 e. The summed E-state index contributed by atoms with van der Waals surface area (Å²) in [5.41, 5.74) is 2.44. The average Bonchev–Trinajstić information content (AvgIpc) is 3.84. The van der Waals surface area contributed by atoms with Crippen molar-refractivity contribution in [3.05, 3.63) is 84.4 Å². The number of nitrogens with one attached hydrogen (secondary N) is 2. The molecular formula is C30H31N7O7. The van der Waals surface area contributed by atoms with Crippen molar-refractivity contribution in [2.75, 3.05) is 11.9 Å². The Morgan fingerprint density at radius 3 is 2.50 bits per heavy atom. The number of urea groups is 1. The number of imidazole rings is 1. The first-order chi connectivity index (χ1) is 21.5. The predicted octanol–water partition coefficient (Wildman–Crippen LogP) is 2.40. The lowest BCUT2D eigenvalue weighted by atomic mass is 10.1. The number of hydrogen-bond donors (Lipinski definition) is 4. The van der Waals surface area contributed by atoms with E-state index >= 15 is 0 Å². The topological polar surface area (TPSA) is 173 Å². The minimum absolute atomic E-state index is 0.206. The number of benzene rings is 2. The molecule has 44 heavy (non-hydrogen) atoms. The molecule has 4 aromatic rings. The summed E-state index contributed by atoms with van der Waals surface area (Å²) in [6.07, 6.45) is -1.28. The molecule has 5 heterocycles. The van der Waals surface area contributed by atoms with Crippen molar-refractivity contribution in [1.82, 2.24) is 29.7 Å². The van der Waals surface area contributed by atoms with Gasteiger partial charge >= 0.3 is 12.0 Å². The van der Waals surface area contributed by atoms with Crippen LogP contribution in [0.15, 0.2) is 73.3 Å². The molecule has 7 unspecified atom stereocenters. The van der Waals surface area contributed by atoms with Crippen LogP contribution in [-0.2, 0) is 25.5 Å². The zero-order valence-electron chi connectivity index (χ0n) is 23.5. The van der Waals surface area contributed by atoms with Gasteiger partial charge in [-0.25, -0.2) is 19.7 Å². The van der Waals surface area contributed by atoms with Crippen LogP contribution in [-0.4, -0.2) is 83.8 Å². The highest BCUT2D eigenvalue weighted by Gasteiger charge is 2.57. The van der Waals surface area contributed by atoms with Gasteiger partial charge in [0.2, 0.25) is 0 Å². The first kappa shape index (κ1) is 28.3. The maximum atomic E-state index is 12.7. The lowest BCUT2D eigenvalue weighted by Gasteiger charge is -2.32. The van der Waals surface area contributed by atoms with Gasteiger partial charge in [-0.05, 0) is 18.4 Å². The molecule has 2 aromatic heterocycles. The number of aliphatic hydroxyl groups excluding tert-OH is 1. The summed E-state index contributed by atoms with van der Waals surface area (Å²) in [5.74, 6) is -0.791. The van der Waals surface area contributed by atoms with Crippen molar-refractivity contribution in [2.45, 2.75) is 62.5 Å². The predicted molar refractivity (Wildman–Crippen MR) is 154 cm³/mol. The number of carboxylic acids is 1. The van der Waals surface area contributed by atoms with Crippen molar-refractivity contribution in [1.29, 1.82) is 0 Å². The van der Waals surface area contributed by atoms with Gasteiger partial charge in [-0.2, -0.15) is 0 Å². The lowest BCUT2D eigenvalue weighted by Crippen LogP contribution is -2.52. The van der Waals surface area contributed by atoms with E-state index in [9.17, 15) is 19.8 Å². The SMILES string of the molecule is O=C(NCc1ccccc1)Nc1ncnc2c1ncn2C1OC(C(O)N2CCCC2C(=O)O)C2OC(c3ccccc3)OC21. The maximum absolute atomic E-state index is 12.7. The van der Waals surface area contributed by atoms with Crippen LogP contribution in [0.25, 0.3) is 11.2 Å². The van der Waals surface area contributed by atoms with Crippen molar-refractivity contribution in [2.24, 2.45) is 0 Å². The number of carbonyl (C=O) groups excluding carboxylic acids is 1. The van der Waals surface area contributed by atoms with Crippen LogP contribution in [0.3, 0.4) is 0 Å². The molecule has 0 saturated carbocycles. The monoisotopic (exact) mass is 601 g/mol. The number of carboxylic acid groups (broad SMARTS) is 1. The molecule has 228 valence electrons. The van der Waals surface area contributed by atoms with E-state index in [1.807, 2.05) is 60.7 Å². The van der Waals surface area contributed by atoms with Gasteiger partial charge in [0.05, 0.1) is 6.33 Å². The first-order valence-corrected chi connectivity index (χ1v) is 14.4. The van der Waals surface area contributed by atoms with Crippen LogP contribution in [0.4, 0.5) is 10.6 Å². The number of carbonyl (C=O) groups is 2. The Labute approximate surface area is 251 Å². The van der Waals surface area contributed by atoms with Gasteiger partial charge in [-0.3, -0.25) is 19.6 Å². The molecule has 14 heteroatoms. The number of aliphatic carboxylic acids is 1. The van der Waals surface area contributed by atoms with Crippen LogP contribution in [0.5, 0.6) is 0 Å². The molecule has 0 bridgehead atoms. The van der Waals surface area contributed by atoms with Gasteiger partial charge in [-0.15, -0.1) is 0 Å². The molecule has 0 spiro atoms. The van der Waals surface area contributed by atoms with Crippen LogP contribution in [0.2, 0.25) is 0 Å². The third kappa shape index (κ3) is 5.27. The standard InChI is InChI=1S/C30H31N7O7/c38-26(36-13-7-12-19(36)28(39)40)22-21-23(44-29(43-21)18-10-5-2-6-11-18)27(42-22)37-16-34-20-24(32-15-33-25(20)37)35-30(41)31-14-17-8-3-1-4-9-17/h1-6,8-11,15-16,19,21-23,26-27,29,38H,7,12-14H2,(H,39,40)(H2,31,32,33,35,41). The Morgan fingerprint density at radius 1 is 0.977 bits per heavy atom. The van der Waals surface area contributed by atoms with Crippen molar-refractivity contribution in [3.8, 4) is 0 Å². The quantitative estimate of drug-likeness (QED) is 0.234. The van der Waals surface area contributed by atoms with Crippen molar-refractivity contribution < 1.29 is 34.0 Å². The summed E-state index contributed by atoms with van der Waals surface area (Å²) in [5, 5.41) is 26.8. The highest BCUT2D eigenvalue weighted by molar-refractivity contribution is 5.95. The Bertz CT molecular complexity index is 1640. The van der Waals surface area contributed by atoms with Crippen LogP contribution in [0.1, 0.15) is 36.5 Å². The van der Waals surface area contributed by atoms with E-state index < -0.39 is 55.1 Å². The molecule has 7 rings (SSSR count). The Morgan fingerprint density at radius 2 is 1.73 bits per heavy atom. The average molecular weight is 602 g/mol. The fraction of sp³-hybridized carbons (Fsp3) is 0.367. The van der Waals surface area contributed by atoms with Crippen LogP contribution >= 0.6 is 0 Å². The van der Waals surface area contributed by atoms with Crippen LogP contribution < -0.4 is 10.6 Å². The van der Waals surface area contributed by atoms with Crippen LogP contribution in [0, 0.1) is 0 Å². The van der Waals surface area contributed by atoms with Gasteiger partial charge in [0.25, 0.3) is 0 Å². The second kappa shape index (κ2) is 11.9. The molecule has 4 N–H and O–H groups in total. The Hall–Kier alpha value is -4.47. The number of aliphatic hydroxyl groups is 1. The second-order valence-corrected chi connectivity index (χ2v) is 10.9. The van der Waals surface area contributed by atoms with Gasteiger partial charge in [0.1, 0.15) is 36.9 Å². The number of aromatic nitrogens is 4. The zero-order valence-corrected chi connectivity index (χ0v) is 23.5. The van der Waals surface area contributed by atoms with Crippen molar-refractivity contribution >= 4 is 29.0 Å². The Balaban J connectivity index is 1.16. The molecule has 2 amide bonds. The number of nitrogens with zero attached hydrogens (tertiary/aromatic N) is 5. The largest absolute Gasteiger partial charge is 0.480 e. The summed E-state index contributed by atoms with van der Waals surface area (Å²) < 4.78 is 20.8. The van der Waals surface area contributed by atoms with E-state index in [4.69, 9.17) is 14.2 Å². The number of rotatable bonds is 8. The molecule has 2 aromatic carbocycles. The number of ether oxygens (including phenoxy) is 3. The molecular weight excluding hydrogens is 570 g/mol. The third-order valence-electron chi connectivity index (χ3n) is 8.23. The summed E-state index contributed by atoms with van der Waals surface area (Å²) in [4.78, 5) is 39.2. The van der Waals surface area contributed by atoms with E-state index in [-0.39, 0.29) is 5.82 Å². The summed E-state index contributed by atoms with van der Waals surface area (Å²) in [7, 11) is 0. The minimum Gasteiger partial charge on any atom is -0.480 e. The fourth-order valence-corrected chi connectivity index (χ4v) is 6.13. The zero-order chi connectivity index (χ0) is 30.2. The van der Waals surface area contributed by atoms with E-state index in [0.717, 1.165) is 11.1 Å². The highest BCUT2D eigenvalue weighted by Crippen LogP contribution is 2.46. The lowest BCUT2D eigenvalue weighted by molar-refractivity contribution is -0.192. The van der Waals surface area contributed by atoms with Gasteiger partial charge in [0, 0.05) is 18.7 Å². The molecule has 3 saturated heterocycles. The molecule has 0 aliphatic carbocycles. The van der Waals surface area contributed by atoms with Gasteiger partial charge in [-0.1, -0.05) is 60.7 Å². The summed E-state index contributed by atoms with van der Waals surface area (Å²) in [6.45, 7) is 0.739. The van der Waals surface area contributed by atoms with E-state index in [2.05, 4.69) is 25.6 Å². The summed E-state index contributed by atoms with van der Waals surface area (Å²) >= 11 is 0. The third-order valence-corrected chi connectivity index (χ3v) is 8.23. The molecule has 3 aliphatic heterocycles. The molecule has 14 nitrogen and oxygen atoms in total. The summed E-state index contributed by atoms with van der Waals surface area (Å²) in [6, 6.07) is 17.6. The Kier molecular flexibility index (Phi) is 7.66. The van der Waals surface area contributed by atoms with Crippen molar-refractivity contribution in [3.63, 3.8) is 0 Å². The highest BCUT2D eigenvalue weighted by atomic mass is 16.8. The van der Waals surface area contributed by atoms with Gasteiger partial charge < -0.3 is 29.7 Å². The van der Waals surface area contributed by atoms with E-state index in [1.54, 1.807) is 4.57 Å². The molecule has 7 atom stereocenters. The first-order valence-electron chi connectivity index (χ1n) is 14.4. The number of fused-ring (bicyclic) bond motifs is 2. The minimum atomic E-state index is -1.26. The van der Waals surface area contributed by atoms with E-state index in [1.165, 1.54) is 17.6 Å². The fourth-order valence-electron chi connectivity index (χ4n) is 6.13. The smallest absolute Gasteiger partial charge is 0.320 e. The number of amides is 2. The molecule has 3 fully saturated rings. The van der Waals surface area contributed by atoms with Gasteiger partial charge in [0.15, 0.2) is 29.5 Å². The molecule has 0 radical (unpaired) electrons. The second-order valence-electron chi connectivity index (χ2n) is 10.9.